The monoisotopic (exact) mass is 436 g/mol. The number of thiazole rings is 1. The van der Waals surface area contributed by atoms with Crippen molar-refractivity contribution in [1.29, 1.82) is 0 Å². The smallest absolute Gasteiger partial charge is 0.240 e. The van der Waals surface area contributed by atoms with Crippen LogP contribution in [0.5, 0.6) is 5.75 Å². The lowest BCUT2D eigenvalue weighted by molar-refractivity contribution is -0.117. The third-order valence-corrected chi connectivity index (χ3v) is 5.96. The van der Waals surface area contributed by atoms with Crippen LogP contribution in [0.1, 0.15) is 25.5 Å². The van der Waals surface area contributed by atoms with Crippen LogP contribution < -0.4 is 10.1 Å². The summed E-state index contributed by atoms with van der Waals surface area (Å²) in [6.45, 7) is 4.89. The number of ether oxygens (including phenoxy) is 1. The Labute approximate surface area is 184 Å². The number of anilines is 1. The first kappa shape index (κ1) is 21.0. The molecule has 1 unspecified atom stereocenters. The Bertz CT molecular complexity index is 1160. The van der Waals surface area contributed by atoms with Gasteiger partial charge < -0.3 is 10.1 Å². The molecule has 1 N–H and O–H groups in total. The average Bonchev–Trinajstić information content (AvgIpc) is 3.43. The van der Waals surface area contributed by atoms with Gasteiger partial charge in [-0.2, -0.15) is 5.10 Å². The van der Waals surface area contributed by atoms with Gasteiger partial charge in [0, 0.05) is 6.04 Å². The molecule has 1 atom stereocenters. The molecule has 8 nitrogen and oxygen atoms in total. The highest BCUT2D eigenvalue weighted by atomic mass is 32.1. The molecule has 0 fully saturated rings. The van der Waals surface area contributed by atoms with E-state index in [1.54, 1.807) is 11.0 Å². The first-order chi connectivity index (χ1) is 15.0. The van der Waals surface area contributed by atoms with Crippen molar-refractivity contribution < 1.29 is 9.53 Å². The molecule has 1 amide bonds. The van der Waals surface area contributed by atoms with E-state index in [0.29, 0.717) is 11.7 Å². The van der Waals surface area contributed by atoms with Crippen molar-refractivity contribution in [2.75, 3.05) is 25.5 Å². The molecule has 0 saturated heterocycles. The number of aromatic nitrogens is 4. The van der Waals surface area contributed by atoms with Crippen LogP contribution in [0, 0.1) is 0 Å². The lowest BCUT2D eigenvalue weighted by Gasteiger charge is -2.24. The number of amides is 1. The predicted molar refractivity (Wildman–Crippen MR) is 122 cm³/mol. The van der Waals surface area contributed by atoms with Gasteiger partial charge in [0.2, 0.25) is 5.91 Å². The van der Waals surface area contributed by atoms with Crippen LogP contribution in [0.3, 0.4) is 0 Å². The fourth-order valence-corrected chi connectivity index (χ4v) is 4.15. The Kier molecular flexibility index (Phi) is 6.24. The maximum absolute atomic E-state index is 12.6. The van der Waals surface area contributed by atoms with Gasteiger partial charge in [-0.15, -0.1) is 0 Å². The average molecular weight is 437 g/mol. The zero-order valence-electron chi connectivity index (χ0n) is 17.6. The number of benzene rings is 2. The van der Waals surface area contributed by atoms with Crippen LogP contribution in [0.4, 0.5) is 5.13 Å². The van der Waals surface area contributed by atoms with E-state index < -0.39 is 0 Å². The third-order valence-electron chi connectivity index (χ3n) is 5.03. The molecule has 2 heterocycles. The van der Waals surface area contributed by atoms with Gasteiger partial charge in [-0.1, -0.05) is 23.5 Å². The van der Waals surface area contributed by atoms with Crippen LogP contribution in [-0.4, -0.2) is 50.8 Å². The molecule has 0 aliphatic rings. The van der Waals surface area contributed by atoms with Gasteiger partial charge in [0.25, 0.3) is 0 Å². The molecule has 0 aliphatic carbocycles. The van der Waals surface area contributed by atoms with Crippen molar-refractivity contribution in [3.8, 4) is 11.4 Å². The number of rotatable bonds is 8. The molecule has 4 aromatic rings. The highest BCUT2D eigenvalue weighted by molar-refractivity contribution is 7.22. The van der Waals surface area contributed by atoms with Gasteiger partial charge in [-0.25, -0.2) is 14.6 Å². The second-order valence-corrected chi connectivity index (χ2v) is 8.18. The topological polar surface area (TPSA) is 85.2 Å². The fraction of sp³-hybridized carbons (Fsp3) is 0.273. The molecule has 0 saturated carbocycles. The Hall–Kier alpha value is -3.30. The van der Waals surface area contributed by atoms with Crippen LogP contribution in [0.25, 0.3) is 15.9 Å². The maximum atomic E-state index is 12.6. The maximum Gasteiger partial charge on any atom is 0.240 e. The Balaban J connectivity index is 1.37. The second kappa shape index (κ2) is 9.23. The minimum atomic E-state index is -0.0994. The highest BCUT2D eigenvalue weighted by Gasteiger charge is 2.16. The van der Waals surface area contributed by atoms with Gasteiger partial charge in [0.1, 0.15) is 18.4 Å². The zero-order valence-corrected chi connectivity index (χ0v) is 18.5. The summed E-state index contributed by atoms with van der Waals surface area (Å²) in [7, 11) is 1.93. The summed E-state index contributed by atoms with van der Waals surface area (Å²) in [5, 5.41) is 7.64. The lowest BCUT2D eigenvalue weighted by atomic mass is 10.1. The van der Waals surface area contributed by atoms with E-state index in [1.807, 2.05) is 61.3 Å². The Morgan fingerprint density at radius 1 is 1.26 bits per heavy atom. The minimum Gasteiger partial charge on any atom is -0.494 e. The Morgan fingerprint density at radius 3 is 2.77 bits per heavy atom. The minimum absolute atomic E-state index is 0.0691. The molecule has 31 heavy (non-hydrogen) atoms. The molecule has 2 aromatic carbocycles. The normalized spacial score (nSPS) is 12.3. The van der Waals surface area contributed by atoms with Gasteiger partial charge in [0.05, 0.1) is 29.1 Å². The van der Waals surface area contributed by atoms with Gasteiger partial charge in [-0.05, 0) is 56.8 Å². The Morgan fingerprint density at radius 2 is 2.06 bits per heavy atom. The molecule has 9 heteroatoms. The molecule has 4 rings (SSSR count). The molecule has 0 aliphatic heterocycles. The SMILES string of the molecule is CCOc1ccc2nc(NC(=O)CN(C)C(C)c3ccc(-n4cncn4)cc3)sc2c1. The lowest BCUT2D eigenvalue weighted by Crippen LogP contribution is -2.32. The van der Waals surface area contributed by atoms with E-state index in [-0.39, 0.29) is 18.5 Å². The summed E-state index contributed by atoms with van der Waals surface area (Å²) in [5.41, 5.74) is 2.90. The standard InChI is InChI=1S/C22H24N6O2S/c1-4-30-18-9-10-19-20(11-18)31-22(25-19)26-21(29)12-27(3)15(2)16-5-7-17(8-6-16)28-14-23-13-24-28/h5-11,13-15H,4,12H2,1-3H3,(H,25,26,29). The van der Waals surface area contributed by atoms with E-state index >= 15 is 0 Å². The number of nitrogens with zero attached hydrogens (tertiary/aromatic N) is 5. The van der Waals surface area contributed by atoms with Gasteiger partial charge in [-0.3, -0.25) is 9.69 Å². The summed E-state index contributed by atoms with van der Waals surface area (Å²) in [4.78, 5) is 23.0. The number of carbonyl (C=O) groups is 1. The molecule has 0 radical (unpaired) electrons. The number of likely N-dealkylation sites (N-methyl/N-ethyl adjacent to an activating group) is 1. The number of hydrogen-bond acceptors (Lipinski definition) is 7. The van der Waals surface area contributed by atoms with E-state index in [1.165, 1.54) is 17.7 Å². The first-order valence-electron chi connectivity index (χ1n) is 10.0. The van der Waals surface area contributed by atoms with E-state index in [4.69, 9.17) is 4.74 Å². The van der Waals surface area contributed by atoms with Crippen molar-refractivity contribution in [1.82, 2.24) is 24.6 Å². The molecule has 2 aromatic heterocycles. The predicted octanol–water partition coefficient (Wildman–Crippen LogP) is 3.91. The molecular weight excluding hydrogens is 412 g/mol. The van der Waals surface area contributed by atoms with Crippen LogP contribution >= 0.6 is 11.3 Å². The second-order valence-electron chi connectivity index (χ2n) is 7.15. The van der Waals surface area contributed by atoms with E-state index in [0.717, 1.165) is 27.2 Å². The number of nitrogens with one attached hydrogen (secondary N) is 1. The quantitative estimate of drug-likeness (QED) is 0.451. The largest absolute Gasteiger partial charge is 0.494 e. The van der Waals surface area contributed by atoms with Gasteiger partial charge >= 0.3 is 0 Å². The van der Waals surface area contributed by atoms with Crippen molar-refractivity contribution >= 4 is 32.6 Å². The van der Waals surface area contributed by atoms with Crippen LogP contribution in [0.15, 0.2) is 55.1 Å². The summed E-state index contributed by atoms with van der Waals surface area (Å²) in [6.07, 6.45) is 3.17. The number of fused-ring (bicyclic) bond motifs is 1. The summed E-state index contributed by atoms with van der Waals surface area (Å²) in [5.74, 6) is 0.706. The summed E-state index contributed by atoms with van der Waals surface area (Å²) in [6, 6.07) is 13.9. The van der Waals surface area contributed by atoms with Gasteiger partial charge in [0.15, 0.2) is 5.13 Å². The van der Waals surface area contributed by atoms with E-state index in [9.17, 15) is 4.79 Å². The fourth-order valence-electron chi connectivity index (χ4n) is 3.24. The zero-order chi connectivity index (χ0) is 21.8. The summed E-state index contributed by atoms with van der Waals surface area (Å²) < 4.78 is 8.22. The summed E-state index contributed by atoms with van der Waals surface area (Å²) >= 11 is 1.44. The number of carbonyl (C=O) groups excluding carboxylic acids is 1. The third kappa shape index (κ3) is 4.89. The molecule has 0 spiro atoms. The molecule has 160 valence electrons. The van der Waals surface area contributed by atoms with Crippen molar-refractivity contribution in [2.45, 2.75) is 19.9 Å². The van der Waals surface area contributed by atoms with E-state index in [2.05, 4.69) is 27.3 Å². The van der Waals surface area contributed by atoms with Crippen LogP contribution in [-0.2, 0) is 4.79 Å². The molecule has 0 bridgehead atoms. The van der Waals surface area contributed by atoms with Crippen molar-refractivity contribution in [2.24, 2.45) is 0 Å². The van der Waals surface area contributed by atoms with Crippen LogP contribution in [0.2, 0.25) is 0 Å². The highest BCUT2D eigenvalue weighted by Crippen LogP contribution is 2.29. The first-order valence-corrected chi connectivity index (χ1v) is 10.8. The van der Waals surface area contributed by atoms with Crippen molar-refractivity contribution in [3.63, 3.8) is 0 Å². The molecular formula is C22H24N6O2S. The number of hydrogen-bond donors (Lipinski definition) is 1. The van der Waals surface area contributed by atoms with Crippen molar-refractivity contribution in [3.05, 3.63) is 60.7 Å².